The number of para-hydroxylation sites is 1. The maximum atomic E-state index is 13.1. The summed E-state index contributed by atoms with van der Waals surface area (Å²) >= 11 is 0. The molecule has 0 aliphatic rings. The highest BCUT2D eigenvalue weighted by atomic mass is 16.5. The molecule has 1 atom stereocenters. The van der Waals surface area contributed by atoms with E-state index in [2.05, 4.69) is 23.5 Å². The Kier molecular flexibility index (Phi) is 6.87. The molecular weight excluding hydrogens is 410 g/mol. The molecule has 5 nitrogen and oxygen atoms in total. The smallest absolute Gasteiger partial charge is 0.269 e. The molecule has 4 rings (SSSR count). The molecular formula is C28H25N3O2. The summed E-state index contributed by atoms with van der Waals surface area (Å²) in [5, 5.41) is 12.6. The second kappa shape index (κ2) is 10.3. The summed E-state index contributed by atoms with van der Waals surface area (Å²) in [7, 11) is 0. The van der Waals surface area contributed by atoms with E-state index in [0.717, 1.165) is 24.3 Å². The second-order valence-electron chi connectivity index (χ2n) is 7.87. The first-order chi connectivity index (χ1) is 16.1. The number of nitriles is 1. The molecule has 0 spiro atoms. The normalized spacial score (nSPS) is 11.4. The number of nitrogens with zero attached hydrogens (tertiary/aromatic N) is 2. The minimum atomic E-state index is -0.262. The Morgan fingerprint density at radius 1 is 0.939 bits per heavy atom. The molecule has 0 radical (unpaired) electrons. The number of aryl methyl sites for hydroxylation is 1. The van der Waals surface area contributed by atoms with E-state index in [4.69, 9.17) is 4.74 Å². The van der Waals surface area contributed by atoms with Crippen molar-refractivity contribution in [2.75, 3.05) is 0 Å². The molecule has 0 aliphatic carbocycles. The monoisotopic (exact) mass is 435 g/mol. The van der Waals surface area contributed by atoms with E-state index in [1.807, 2.05) is 79.7 Å². The van der Waals surface area contributed by atoms with E-state index < -0.39 is 0 Å². The first-order valence-electron chi connectivity index (χ1n) is 10.9. The van der Waals surface area contributed by atoms with Gasteiger partial charge in [0, 0.05) is 17.9 Å². The zero-order chi connectivity index (χ0) is 23.0. The van der Waals surface area contributed by atoms with Gasteiger partial charge in [0.25, 0.3) is 5.91 Å². The zero-order valence-electron chi connectivity index (χ0n) is 18.4. The molecule has 1 heterocycles. The molecule has 0 aliphatic heterocycles. The Hall–Kier alpha value is -4.30. The second-order valence-corrected chi connectivity index (χ2v) is 7.87. The van der Waals surface area contributed by atoms with Gasteiger partial charge in [-0.25, -0.2) is 0 Å². The Balaban J connectivity index is 1.47. The van der Waals surface area contributed by atoms with Crippen molar-refractivity contribution in [2.45, 2.75) is 25.8 Å². The minimum absolute atomic E-state index is 0.0331. The molecule has 3 aromatic carbocycles. The number of hydrogen-bond donors (Lipinski definition) is 1. The van der Waals surface area contributed by atoms with E-state index in [-0.39, 0.29) is 11.9 Å². The zero-order valence-corrected chi connectivity index (χ0v) is 18.4. The fourth-order valence-corrected chi connectivity index (χ4v) is 3.66. The van der Waals surface area contributed by atoms with Crippen LogP contribution in [0.4, 0.5) is 0 Å². The summed E-state index contributed by atoms with van der Waals surface area (Å²) in [5.74, 6) is 1.18. The van der Waals surface area contributed by atoms with E-state index in [1.165, 1.54) is 5.56 Å². The third-order valence-electron chi connectivity index (χ3n) is 5.40. The largest absolute Gasteiger partial charge is 0.457 e. The van der Waals surface area contributed by atoms with Crippen LogP contribution < -0.4 is 10.1 Å². The van der Waals surface area contributed by atoms with Crippen LogP contribution in [0.2, 0.25) is 0 Å². The van der Waals surface area contributed by atoms with Gasteiger partial charge in [-0.3, -0.25) is 4.79 Å². The van der Waals surface area contributed by atoms with Gasteiger partial charge in [0.05, 0.1) is 5.56 Å². The molecule has 0 fully saturated rings. The van der Waals surface area contributed by atoms with Gasteiger partial charge in [-0.1, -0.05) is 48.5 Å². The van der Waals surface area contributed by atoms with Crippen LogP contribution in [-0.2, 0) is 6.42 Å². The van der Waals surface area contributed by atoms with E-state index in [0.29, 0.717) is 17.0 Å². The number of amides is 1. The lowest BCUT2D eigenvalue weighted by Gasteiger charge is -2.16. The van der Waals surface area contributed by atoms with Crippen LogP contribution in [0.15, 0.2) is 97.2 Å². The van der Waals surface area contributed by atoms with Crippen molar-refractivity contribution in [3.05, 3.63) is 114 Å². The molecule has 0 saturated heterocycles. The SMILES string of the molecule is CC(CCc1ccccc1)NC(=O)c1c(C#N)ccn1-c1ccc(Oc2ccccc2)cc1. The number of rotatable bonds is 8. The highest BCUT2D eigenvalue weighted by Crippen LogP contribution is 2.24. The Bertz CT molecular complexity index is 1240. The van der Waals surface area contributed by atoms with Crippen LogP contribution in [0.1, 0.15) is 35.0 Å². The lowest BCUT2D eigenvalue weighted by molar-refractivity contribution is 0.0931. The molecule has 1 amide bonds. The highest BCUT2D eigenvalue weighted by Gasteiger charge is 2.20. The van der Waals surface area contributed by atoms with Crippen molar-refractivity contribution in [3.63, 3.8) is 0 Å². The third-order valence-corrected chi connectivity index (χ3v) is 5.40. The lowest BCUT2D eigenvalue weighted by Crippen LogP contribution is -2.34. The van der Waals surface area contributed by atoms with Gasteiger partial charge >= 0.3 is 0 Å². The van der Waals surface area contributed by atoms with Crippen molar-refractivity contribution >= 4 is 5.91 Å². The van der Waals surface area contributed by atoms with Gasteiger partial charge in [0.2, 0.25) is 0 Å². The van der Waals surface area contributed by atoms with Gasteiger partial charge in [0.1, 0.15) is 23.3 Å². The topological polar surface area (TPSA) is 67.0 Å². The predicted molar refractivity (Wildman–Crippen MR) is 129 cm³/mol. The van der Waals surface area contributed by atoms with E-state index in [9.17, 15) is 10.1 Å². The third kappa shape index (κ3) is 5.50. The molecule has 1 aromatic heterocycles. The van der Waals surface area contributed by atoms with Crippen molar-refractivity contribution in [1.29, 1.82) is 5.26 Å². The summed E-state index contributed by atoms with van der Waals surface area (Å²) < 4.78 is 7.59. The fourth-order valence-electron chi connectivity index (χ4n) is 3.66. The maximum Gasteiger partial charge on any atom is 0.269 e. The lowest BCUT2D eigenvalue weighted by atomic mass is 10.1. The minimum Gasteiger partial charge on any atom is -0.457 e. The summed E-state index contributed by atoms with van der Waals surface area (Å²) in [6.45, 7) is 1.98. The highest BCUT2D eigenvalue weighted by molar-refractivity contribution is 5.96. The van der Waals surface area contributed by atoms with Crippen LogP contribution in [-0.4, -0.2) is 16.5 Å². The molecule has 0 bridgehead atoms. The first-order valence-corrected chi connectivity index (χ1v) is 10.9. The number of ether oxygens (including phenoxy) is 1. The van der Waals surface area contributed by atoms with Crippen molar-refractivity contribution in [1.82, 2.24) is 9.88 Å². The first kappa shape index (κ1) is 21.9. The molecule has 1 N–H and O–H groups in total. The number of nitrogens with one attached hydrogen (secondary N) is 1. The molecule has 164 valence electrons. The van der Waals surface area contributed by atoms with Gasteiger partial charge in [-0.15, -0.1) is 0 Å². The summed E-state index contributed by atoms with van der Waals surface area (Å²) in [4.78, 5) is 13.1. The molecule has 33 heavy (non-hydrogen) atoms. The van der Waals surface area contributed by atoms with Crippen LogP contribution in [0.3, 0.4) is 0 Å². The van der Waals surface area contributed by atoms with Crippen LogP contribution >= 0.6 is 0 Å². The Morgan fingerprint density at radius 3 is 2.24 bits per heavy atom. The molecule has 0 saturated carbocycles. The summed E-state index contributed by atoms with van der Waals surface area (Å²) in [5.41, 5.74) is 2.68. The van der Waals surface area contributed by atoms with Gasteiger partial charge in [-0.05, 0) is 67.8 Å². The van der Waals surface area contributed by atoms with Crippen LogP contribution in [0.25, 0.3) is 5.69 Å². The fraction of sp³-hybridized carbons (Fsp3) is 0.143. The summed E-state index contributed by atoms with van der Waals surface area (Å²) in [6.07, 6.45) is 3.43. The Labute approximate surface area is 193 Å². The van der Waals surface area contributed by atoms with Gasteiger partial charge < -0.3 is 14.6 Å². The number of hydrogen-bond acceptors (Lipinski definition) is 3. The number of carbonyl (C=O) groups excluding carboxylic acids is 1. The predicted octanol–water partition coefficient (Wildman–Crippen LogP) is 5.89. The van der Waals surface area contributed by atoms with Gasteiger partial charge in [-0.2, -0.15) is 5.26 Å². The van der Waals surface area contributed by atoms with E-state index in [1.54, 1.807) is 16.8 Å². The quantitative estimate of drug-likeness (QED) is 0.375. The maximum absolute atomic E-state index is 13.1. The Morgan fingerprint density at radius 2 is 1.58 bits per heavy atom. The molecule has 5 heteroatoms. The van der Waals surface area contributed by atoms with Crippen LogP contribution in [0, 0.1) is 11.3 Å². The summed E-state index contributed by atoms with van der Waals surface area (Å²) in [6, 6.07) is 30.9. The average Bonchev–Trinajstić information content (AvgIpc) is 3.29. The van der Waals surface area contributed by atoms with Crippen molar-refractivity contribution in [2.24, 2.45) is 0 Å². The number of benzene rings is 3. The van der Waals surface area contributed by atoms with Crippen molar-refractivity contribution in [3.8, 4) is 23.3 Å². The van der Waals surface area contributed by atoms with Gasteiger partial charge in [0.15, 0.2) is 0 Å². The molecule has 4 aromatic rings. The average molecular weight is 436 g/mol. The van der Waals surface area contributed by atoms with Crippen molar-refractivity contribution < 1.29 is 9.53 Å². The van der Waals surface area contributed by atoms with Crippen LogP contribution in [0.5, 0.6) is 11.5 Å². The number of aromatic nitrogens is 1. The molecule has 1 unspecified atom stereocenters. The number of carbonyl (C=O) groups is 1. The van der Waals surface area contributed by atoms with E-state index >= 15 is 0 Å². The standard InChI is InChI=1S/C28H25N3O2/c1-21(12-13-22-8-4-2-5-9-22)30-28(32)27-23(20-29)18-19-31(27)24-14-16-26(17-15-24)33-25-10-6-3-7-11-25/h2-11,14-19,21H,12-13H2,1H3,(H,30,32).